The summed E-state index contributed by atoms with van der Waals surface area (Å²) in [5.74, 6) is 0. The number of hydrogen-bond donors (Lipinski definition) is 3. The SMILES string of the molecule is C[Si](C)(C)CC(C(CO)(CO)CO)([Si](C)(C)C)[Si](C)(C)C. The molecule has 0 aromatic carbocycles. The minimum absolute atomic E-state index is 0.0876. The number of aliphatic hydroxyl groups excluding tert-OH is 3. The molecule has 0 amide bonds. The van der Waals surface area contributed by atoms with Crippen LogP contribution in [0, 0.1) is 5.41 Å². The molecule has 0 spiro atoms. The minimum Gasteiger partial charge on any atom is -0.396 e. The highest BCUT2D eigenvalue weighted by Gasteiger charge is 2.64. The molecular formula is C15H38O3Si3. The van der Waals surface area contributed by atoms with Crippen molar-refractivity contribution in [2.24, 2.45) is 5.41 Å². The van der Waals surface area contributed by atoms with Crippen molar-refractivity contribution < 1.29 is 15.3 Å². The summed E-state index contributed by atoms with van der Waals surface area (Å²) in [5.41, 5.74) is -0.762. The van der Waals surface area contributed by atoms with E-state index in [1.165, 1.54) is 0 Å². The zero-order chi connectivity index (χ0) is 17.3. The Kier molecular flexibility index (Phi) is 6.73. The van der Waals surface area contributed by atoms with E-state index < -0.39 is 29.6 Å². The highest BCUT2D eigenvalue weighted by atomic mass is 28.4. The molecule has 3 nitrogen and oxygen atoms in total. The van der Waals surface area contributed by atoms with Gasteiger partial charge in [0.2, 0.25) is 0 Å². The van der Waals surface area contributed by atoms with E-state index in [0.717, 1.165) is 6.04 Å². The van der Waals surface area contributed by atoms with Crippen LogP contribution < -0.4 is 0 Å². The summed E-state index contributed by atoms with van der Waals surface area (Å²) in [6, 6.07) is 1.08. The molecule has 21 heavy (non-hydrogen) atoms. The Labute approximate surface area is 134 Å². The molecule has 0 rings (SSSR count). The highest BCUT2D eigenvalue weighted by molar-refractivity contribution is 7.01. The van der Waals surface area contributed by atoms with Gasteiger partial charge in [0.15, 0.2) is 0 Å². The Morgan fingerprint density at radius 3 is 1.05 bits per heavy atom. The summed E-state index contributed by atoms with van der Waals surface area (Å²) >= 11 is 0. The average molecular weight is 351 g/mol. The topological polar surface area (TPSA) is 60.7 Å². The molecule has 0 aromatic heterocycles. The predicted molar refractivity (Wildman–Crippen MR) is 101 cm³/mol. The van der Waals surface area contributed by atoms with Gasteiger partial charge in [-0.05, 0) is 4.66 Å². The summed E-state index contributed by atoms with van der Waals surface area (Å²) < 4.78 is -0.0876. The maximum absolute atomic E-state index is 10.2. The van der Waals surface area contributed by atoms with E-state index in [2.05, 4.69) is 58.9 Å². The molecule has 6 heteroatoms. The number of hydrogen-bond acceptors (Lipinski definition) is 3. The summed E-state index contributed by atoms with van der Waals surface area (Å²) in [7, 11) is -4.96. The summed E-state index contributed by atoms with van der Waals surface area (Å²) in [6.45, 7) is 20.8. The molecule has 0 fully saturated rings. The Bertz CT molecular complexity index is 311. The van der Waals surface area contributed by atoms with Crippen LogP contribution in [0.2, 0.25) is 69.6 Å². The second-order valence-electron chi connectivity index (χ2n) is 9.90. The van der Waals surface area contributed by atoms with Gasteiger partial charge < -0.3 is 15.3 Å². The first kappa shape index (κ1) is 21.5. The molecule has 0 heterocycles. The molecule has 0 aliphatic carbocycles. The quantitative estimate of drug-likeness (QED) is 0.589. The molecule has 0 unspecified atom stereocenters. The number of rotatable bonds is 8. The van der Waals surface area contributed by atoms with Crippen LogP contribution in [-0.2, 0) is 0 Å². The third kappa shape index (κ3) is 3.90. The largest absolute Gasteiger partial charge is 0.396 e. The van der Waals surface area contributed by atoms with Crippen LogP contribution in [0.15, 0.2) is 0 Å². The first-order chi connectivity index (χ1) is 9.14. The Morgan fingerprint density at radius 2 is 0.905 bits per heavy atom. The lowest BCUT2D eigenvalue weighted by atomic mass is 9.86. The van der Waals surface area contributed by atoms with Crippen LogP contribution >= 0.6 is 0 Å². The van der Waals surface area contributed by atoms with E-state index in [1.54, 1.807) is 0 Å². The van der Waals surface area contributed by atoms with Gasteiger partial charge in [-0.15, -0.1) is 0 Å². The fraction of sp³-hybridized carbons (Fsp3) is 1.00. The molecule has 0 saturated heterocycles. The fourth-order valence-electron chi connectivity index (χ4n) is 4.78. The van der Waals surface area contributed by atoms with Crippen molar-refractivity contribution in [2.75, 3.05) is 19.8 Å². The fourth-order valence-corrected chi connectivity index (χ4v) is 26.8. The van der Waals surface area contributed by atoms with Crippen molar-refractivity contribution in [1.82, 2.24) is 0 Å². The van der Waals surface area contributed by atoms with Gasteiger partial charge in [-0.3, -0.25) is 0 Å². The molecule has 0 aliphatic heterocycles. The Morgan fingerprint density at radius 1 is 0.619 bits per heavy atom. The first-order valence-corrected chi connectivity index (χ1v) is 18.7. The van der Waals surface area contributed by atoms with E-state index in [-0.39, 0.29) is 24.5 Å². The van der Waals surface area contributed by atoms with Crippen LogP contribution in [0.3, 0.4) is 0 Å². The normalized spacial score (nSPS) is 15.4. The highest BCUT2D eigenvalue weighted by Crippen LogP contribution is 2.63. The zero-order valence-corrected chi connectivity index (χ0v) is 18.7. The van der Waals surface area contributed by atoms with Gasteiger partial charge in [0.05, 0.1) is 19.8 Å². The van der Waals surface area contributed by atoms with Crippen LogP contribution in [-0.4, -0.2) is 59.4 Å². The van der Waals surface area contributed by atoms with Crippen molar-refractivity contribution in [3.63, 3.8) is 0 Å². The second-order valence-corrected chi connectivity index (χ2v) is 26.6. The maximum atomic E-state index is 10.2. The summed E-state index contributed by atoms with van der Waals surface area (Å²) in [6.07, 6.45) is 0. The lowest BCUT2D eigenvalue weighted by Crippen LogP contribution is -2.67. The van der Waals surface area contributed by atoms with E-state index in [4.69, 9.17) is 0 Å². The minimum atomic E-state index is -1.76. The average Bonchev–Trinajstić information content (AvgIpc) is 2.25. The standard InChI is InChI=1S/C15H38O3Si3/c1-19(2,3)13-15(20(4,5)6,21(7,8)9)14(10-16,11-17)12-18/h16-18H,10-13H2,1-9H3. The lowest BCUT2D eigenvalue weighted by molar-refractivity contribution is -0.0111. The van der Waals surface area contributed by atoms with E-state index in [1.807, 2.05) is 0 Å². The lowest BCUT2D eigenvalue weighted by Gasteiger charge is -2.63. The van der Waals surface area contributed by atoms with Crippen molar-refractivity contribution in [1.29, 1.82) is 0 Å². The van der Waals surface area contributed by atoms with Crippen LogP contribution in [0.5, 0.6) is 0 Å². The first-order valence-electron chi connectivity index (χ1n) is 7.97. The third-order valence-electron chi connectivity index (χ3n) is 5.17. The van der Waals surface area contributed by atoms with Gasteiger partial charge in [-0.1, -0.05) is 65.0 Å². The Hall–Kier alpha value is 0.531. The van der Waals surface area contributed by atoms with Gasteiger partial charge in [0.25, 0.3) is 0 Å². The Balaban J connectivity index is 6.57. The van der Waals surface area contributed by atoms with Crippen molar-refractivity contribution in [3.8, 4) is 0 Å². The summed E-state index contributed by atoms with van der Waals surface area (Å²) in [5, 5.41) is 30.5. The third-order valence-corrected chi connectivity index (χ3v) is 18.5. The summed E-state index contributed by atoms with van der Waals surface area (Å²) in [4.78, 5) is 0. The molecule has 0 saturated carbocycles. The molecule has 128 valence electrons. The molecule has 0 atom stereocenters. The van der Waals surface area contributed by atoms with Gasteiger partial charge in [0.1, 0.15) is 0 Å². The predicted octanol–water partition coefficient (Wildman–Crippen LogP) is 3.24. The molecular weight excluding hydrogens is 312 g/mol. The van der Waals surface area contributed by atoms with Gasteiger partial charge in [-0.25, -0.2) is 0 Å². The van der Waals surface area contributed by atoms with Gasteiger partial charge >= 0.3 is 0 Å². The molecule has 0 aromatic rings. The van der Waals surface area contributed by atoms with Crippen LogP contribution in [0.4, 0.5) is 0 Å². The van der Waals surface area contributed by atoms with Crippen LogP contribution in [0.1, 0.15) is 0 Å². The zero-order valence-electron chi connectivity index (χ0n) is 15.7. The number of aliphatic hydroxyl groups is 3. The van der Waals surface area contributed by atoms with Crippen molar-refractivity contribution >= 4 is 24.2 Å². The van der Waals surface area contributed by atoms with E-state index in [0.29, 0.717) is 0 Å². The second kappa shape index (κ2) is 6.57. The molecule has 0 aliphatic rings. The van der Waals surface area contributed by atoms with Gasteiger partial charge in [0, 0.05) is 29.6 Å². The van der Waals surface area contributed by atoms with E-state index in [9.17, 15) is 15.3 Å². The van der Waals surface area contributed by atoms with E-state index >= 15 is 0 Å². The van der Waals surface area contributed by atoms with Gasteiger partial charge in [-0.2, -0.15) is 0 Å². The molecule has 0 radical (unpaired) electrons. The van der Waals surface area contributed by atoms with Crippen molar-refractivity contribution in [3.05, 3.63) is 0 Å². The maximum Gasteiger partial charge on any atom is 0.0531 e. The monoisotopic (exact) mass is 350 g/mol. The van der Waals surface area contributed by atoms with Crippen LogP contribution in [0.25, 0.3) is 0 Å². The smallest absolute Gasteiger partial charge is 0.0531 e. The van der Waals surface area contributed by atoms with Crippen molar-refractivity contribution in [2.45, 2.75) is 69.6 Å². The molecule has 3 N–H and O–H groups in total. The molecule has 0 bridgehead atoms.